The minimum absolute atomic E-state index is 0.0838. The average molecular weight is 645 g/mol. The zero-order valence-corrected chi connectivity index (χ0v) is 28.8. The maximum absolute atomic E-state index is 13.3. The normalized spacial score (nSPS) is 20.1. The first kappa shape index (κ1) is 35.7. The molecule has 0 bridgehead atoms. The predicted molar refractivity (Wildman–Crippen MR) is 180 cm³/mol. The van der Waals surface area contributed by atoms with E-state index in [0.717, 1.165) is 16.7 Å². The van der Waals surface area contributed by atoms with Crippen molar-refractivity contribution in [1.82, 2.24) is 0 Å². The van der Waals surface area contributed by atoms with Crippen LogP contribution in [0.5, 0.6) is 11.5 Å². The Balaban J connectivity index is 1.92. The van der Waals surface area contributed by atoms with Crippen LogP contribution in [0.15, 0.2) is 91.0 Å². The van der Waals surface area contributed by atoms with Gasteiger partial charge in [0, 0.05) is 6.42 Å². The van der Waals surface area contributed by atoms with E-state index in [1.165, 1.54) is 0 Å². The van der Waals surface area contributed by atoms with Crippen molar-refractivity contribution in [2.75, 3.05) is 27.4 Å². The molecule has 1 aliphatic rings. The minimum Gasteiger partial charge on any atom is -0.497 e. The maximum atomic E-state index is 13.3. The zero-order chi connectivity index (χ0) is 34.6. The molecule has 4 rings (SSSR count). The Bertz CT molecular complexity index is 1480. The summed E-state index contributed by atoms with van der Waals surface area (Å²) < 4.78 is 30.2. The third kappa shape index (κ3) is 7.39. The van der Waals surface area contributed by atoms with Crippen LogP contribution in [0.3, 0.4) is 0 Å². The number of rotatable bonds is 11. The molecule has 0 unspecified atom stereocenters. The monoisotopic (exact) mass is 644 g/mol. The Kier molecular flexibility index (Phi) is 10.6. The molecule has 0 radical (unpaired) electrons. The fraction of sp³-hybridized carbons (Fsp3) is 0.436. The Hall–Kier alpha value is -4.14. The lowest BCUT2D eigenvalue weighted by Gasteiger charge is -2.42. The molecular weight excluding hydrogens is 596 g/mol. The summed E-state index contributed by atoms with van der Waals surface area (Å²) in [5.74, 6) is 0.469. The molecule has 0 amide bonds. The quantitative estimate of drug-likeness (QED) is 0.137. The van der Waals surface area contributed by atoms with Crippen LogP contribution in [-0.2, 0) is 29.4 Å². The van der Waals surface area contributed by atoms with Gasteiger partial charge in [0.05, 0.1) is 43.2 Å². The van der Waals surface area contributed by atoms with E-state index in [0.29, 0.717) is 17.1 Å². The molecule has 3 atom stereocenters. The first-order valence-electron chi connectivity index (χ1n) is 15.8. The van der Waals surface area contributed by atoms with Crippen molar-refractivity contribution in [3.8, 4) is 11.5 Å². The Labute approximate surface area is 278 Å². The van der Waals surface area contributed by atoms with E-state index in [9.17, 15) is 14.7 Å². The Morgan fingerprint density at radius 3 is 1.66 bits per heavy atom. The lowest BCUT2D eigenvalue weighted by atomic mass is 9.78. The molecule has 8 nitrogen and oxygen atoms in total. The molecule has 1 aliphatic carbocycles. The smallest absolute Gasteiger partial charge is 0.311 e. The second-order valence-electron chi connectivity index (χ2n) is 14.2. The number of hydrogen-bond donors (Lipinski definition) is 1. The van der Waals surface area contributed by atoms with Gasteiger partial charge in [0.15, 0.2) is 0 Å². The van der Waals surface area contributed by atoms with Gasteiger partial charge in [0.25, 0.3) is 0 Å². The van der Waals surface area contributed by atoms with Crippen LogP contribution in [0.4, 0.5) is 0 Å². The van der Waals surface area contributed by atoms with E-state index in [1.807, 2.05) is 78.9 Å². The molecule has 1 N–H and O–H groups in total. The van der Waals surface area contributed by atoms with Gasteiger partial charge in [-0.3, -0.25) is 9.59 Å². The molecule has 0 heterocycles. The van der Waals surface area contributed by atoms with E-state index < -0.39 is 46.0 Å². The number of aliphatic hydroxyl groups is 1. The highest BCUT2D eigenvalue weighted by Crippen LogP contribution is 2.49. The van der Waals surface area contributed by atoms with Gasteiger partial charge in [-0.15, -0.1) is 0 Å². The molecule has 3 aromatic rings. The highest BCUT2D eigenvalue weighted by atomic mass is 16.6. The first-order chi connectivity index (χ1) is 22.1. The molecule has 1 saturated carbocycles. The van der Waals surface area contributed by atoms with E-state index in [4.69, 9.17) is 23.7 Å². The maximum Gasteiger partial charge on any atom is 0.311 e. The van der Waals surface area contributed by atoms with Crippen molar-refractivity contribution >= 4 is 11.9 Å². The topological polar surface area (TPSA) is 101 Å². The second kappa shape index (κ2) is 13.9. The van der Waals surface area contributed by atoms with Gasteiger partial charge in [-0.25, -0.2) is 0 Å². The molecular formula is C39H48O8. The second-order valence-corrected chi connectivity index (χ2v) is 14.2. The standard InChI is InChI=1S/C39H48O8/c1-26-32(40)23-33(47-35(42)37(5,6)7)38(26,24-45-34(41)36(2,3)4)25-46-39(27-13-11-10-12-14-27,28-15-19-30(43-8)20-16-28)29-17-21-31(44-9)22-18-29/h10-22,32-33,40H,1,23-25H2,2-9H3/t32-,33+,38+/m1/s1. The molecule has 0 aromatic heterocycles. The van der Waals surface area contributed by atoms with Crippen LogP contribution in [0, 0.1) is 16.2 Å². The van der Waals surface area contributed by atoms with Gasteiger partial charge in [-0.05, 0) is 88.1 Å². The van der Waals surface area contributed by atoms with Gasteiger partial charge in [-0.2, -0.15) is 0 Å². The molecule has 0 aliphatic heterocycles. The number of carbonyl (C=O) groups excluding carboxylic acids is 2. The number of methoxy groups -OCH3 is 2. The van der Waals surface area contributed by atoms with Crippen molar-refractivity contribution in [3.63, 3.8) is 0 Å². The highest BCUT2D eigenvalue weighted by Gasteiger charge is 2.56. The predicted octanol–water partition coefficient (Wildman–Crippen LogP) is 6.87. The molecule has 8 heteroatoms. The number of aliphatic hydroxyl groups excluding tert-OH is 1. The van der Waals surface area contributed by atoms with Crippen LogP contribution in [-0.4, -0.2) is 56.7 Å². The van der Waals surface area contributed by atoms with Crippen molar-refractivity contribution in [2.24, 2.45) is 16.2 Å². The van der Waals surface area contributed by atoms with Gasteiger partial charge in [0.1, 0.15) is 29.8 Å². The summed E-state index contributed by atoms with van der Waals surface area (Å²) in [6, 6.07) is 25.0. The lowest BCUT2D eigenvalue weighted by molar-refractivity contribution is -0.175. The van der Waals surface area contributed by atoms with Crippen LogP contribution in [0.2, 0.25) is 0 Å². The van der Waals surface area contributed by atoms with Crippen molar-refractivity contribution in [2.45, 2.75) is 65.8 Å². The molecule has 1 fully saturated rings. The summed E-state index contributed by atoms with van der Waals surface area (Å²) >= 11 is 0. The molecule has 252 valence electrons. The summed E-state index contributed by atoms with van der Waals surface area (Å²) in [4.78, 5) is 26.4. The SMILES string of the molecule is C=C1[C@H](O)C[C@H](OC(=O)C(C)(C)C)[C@@]1(COC(=O)C(C)(C)C)COC(c1ccccc1)(c1ccc(OC)cc1)c1ccc(OC)cc1. The summed E-state index contributed by atoms with van der Waals surface area (Å²) in [5.41, 5.74) is -1.32. The van der Waals surface area contributed by atoms with Gasteiger partial charge < -0.3 is 28.8 Å². The molecule has 0 saturated heterocycles. The summed E-state index contributed by atoms with van der Waals surface area (Å²) in [5, 5.41) is 11.2. The van der Waals surface area contributed by atoms with Crippen LogP contribution >= 0.6 is 0 Å². The third-order valence-corrected chi connectivity index (χ3v) is 8.75. The fourth-order valence-corrected chi connectivity index (χ4v) is 5.71. The van der Waals surface area contributed by atoms with Crippen molar-refractivity contribution < 1.29 is 38.4 Å². The van der Waals surface area contributed by atoms with E-state index in [2.05, 4.69) is 6.58 Å². The van der Waals surface area contributed by atoms with Crippen LogP contribution in [0.1, 0.15) is 64.7 Å². The van der Waals surface area contributed by atoms with E-state index in [-0.39, 0.29) is 19.6 Å². The molecule has 47 heavy (non-hydrogen) atoms. The Morgan fingerprint density at radius 1 is 0.745 bits per heavy atom. The van der Waals surface area contributed by atoms with Crippen molar-refractivity contribution in [1.29, 1.82) is 0 Å². The number of benzene rings is 3. The van der Waals surface area contributed by atoms with E-state index >= 15 is 0 Å². The summed E-state index contributed by atoms with van der Waals surface area (Å²) in [6.07, 6.45) is -1.82. The van der Waals surface area contributed by atoms with Crippen LogP contribution < -0.4 is 9.47 Å². The van der Waals surface area contributed by atoms with Gasteiger partial charge in [-0.1, -0.05) is 61.2 Å². The number of esters is 2. The number of ether oxygens (including phenoxy) is 5. The summed E-state index contributed by atoms with van der Waals surface area (Å²) in [7, 11) is 3.22. The van der Waals surface area contributed by atoms with Gasteiger partial charge in [0.2, 0.25) is 0 Å². The minimum atomic E-state index is -1.28. The largest absolute Gasteiger partial charge is 0.497 e. The molecule has 3 aromatic carbocycles. The van der Waals surface area contributed by atoms with Crippen LogP contribution in [0.25, 0.3) is 0 Å². The highest BCUT2D eigenvalue weighted by molar-refractivity contribution is 5.76. The fourth-order valence-electron chi connectivity index (χ4n) is 5.71. The van der Waals surface area contributed by atoms with Crippen molar-refractivity contribution in [3.05, 3.63) is 108 Å². The lowest BCUT2D eigenvalue weighted by Crippen LogP contribution is -2.48. The summed E-state index contributed by atoms with van der Waals surface area (Å²) in [6.45, 7) is 14.5. The Morgan fingerprint density at radius 2 is 1.21 bits per heavy atom. The first-order valence-corrected chi connectivity index (χ1v) is 15.8. The average Bonchev–Trinajstić information content (AvgIpc) is 3.28. The number of carbonyl (C=O) groups is 2. The molecule has 0 spiro atoms. The van der Waals surface area contributed by atoms with E-state index in [1.54, 1.807) is 55.8 Å². The van der Waals surface area contributed by atoms with Gasteiger partial charge >= 0.3 is 11.9 Å². The third-order valence-electron chi connectivity index (χ3n) is 8.75. The zero-order valence-electron chi connectivity index (χ0n) is 28.8. The number of hydrogen-bond acceptors (Lipinski definition) is 8.